The Bertz CT molecular complexity index is 1230. The highest BCUT2D eigenvalue weighted by Gasteiger charge is 2.15. The summed E-state index contributed by atoms with van der Waals surface area (Å²) in [6.45, 7) is 6.72. The lowest BCUT2D eigenvalue weighted by atomic mass is 10.1. The van der Waals surface area contributed by atoms with Gasteiger partial charge in [0.2, 0.25) is 5.91 Å². The van der Waals surface area contributed by atoms with Crippen molar-refractivity contribution in [3.63, 3.8) is 0 Å². The van der Waals surface area contributed by atoms with E-state index in [-0.39, 0.29) is 17.0 Å². The lowest BCUT2D eigenvalue weighted by Crippen LogP contribution is -2.29. The largest absolute Gasteiger partial charge is 0.489 e. The monoisotopic (exact) mass is 497 g/mol. The minimum Gasteiger partial charge on any atom is -0.489 e. The van der Waals surface area contributed by atoms with Gasteiger partial charge in [0.1, 0.15) is 23.7 Å². The topological polar surface area (TPSA) is 79.4 Å². The van der Waals surface area contributed by atoms with E-state index in [1.54, 1.807) is 24.3 Å². The summed E-state index contributed by atoms with van der Waals surface area (Å²) >= 11 is 5.92. The Kier molecular flexibility index (Phi) is 8.15. The summed E-state index contributed by atoms with van der Waals surface area (Å²) in [5.41, 5.74) is 1.71. The molecule has 4 rings (SSSR count). The van der Waals surface area contributed by atoms with Gasteiger partial charge in [-0.05, 0) is 64.0 Å². The maximum absolute atomic E-state index is 13.6. The molecule has 2 N–H and O–H groups in total. The molecule has 9 heteroatoms. The van der Waals surface area contributed by atoms with E-state index >= 15 is 0 Å². The van der Waals surface area contributed by atoms with Crippen molar-refractivity contribution in [3.05, 3.63) is 59.7 Å². The van der Waals surface area contributed by atoms with Crippen LogP contribution in [0.2, 0.25) is 5.02 Å². The molecule has 1 aliphatic heterocycles. The summed E-state index contributed by atoms with van der Waals surface area (Å²) in [5.74, 6) is 0.259. The van der Waals surface area contributed by atoms with Crippen LogP contribution in [0.25, 0.3) is 10.9 Å². The number of benzene rings is 2. The van der Waals surface area contributed by atoms with Crippen LogP contribution in [0.1, 0.15) is 33.1 Å². The molecule has 3 aromatic rings. The first-order valence-corrected chi connectivity index (χ1v) is 12.1. The van der Waals surface area contributed by atoms with E-state index in [9.17, 15) is 9.18 Å². The van der Waals surface area contributed by atoms with E-state index in [1.807, 2.05) is 19.9 Å². The Labute approximate surface area is 209 Å². The summed E-state index contributed by atoms with van der Waals surface area (Å²) < 4.78 is 19.5. The van der Waals surface area contributed by atoms with E-state index in [0.717, 1.165) is 19.6 Å². The molecule has 0 radical (unpaired) electrons. The number of nitrogens with zero attached hydrogens (tertiary/aromatic N) is 3. The third-order valence-electron chi connectivity index (χ3n) is 5.62. The second-order valence-corrected chi connectivity index (χ2v) is 9.17. The molecule has 0 unspecified atom stereocenters. The SMILES string of the molecule is CC(C)Oc1cc2ncnc(Nc3ccc(F)c(Cl)c3)c2cc1NC(=O)/C=C/CN1CCCCC1. The number of hydrogen-bond acceptors (Lipinski definition) is 6. The van der Waals surface area contributed by atoms with Gasteiger partial charge in [-0.1, -0.05) is 24.1 Å². The number of ether oxygens (including phenoxy) is 1. The Morgan fingerprint density at radius 1 is 1.20 bits per heavy atom. The average molecular weight is 498 g/mol. The summed E-state index contributed by atoms with van der Waals surface area (Å²) in [6, 6.07) is 7.88. The third-order valence-corrected chi connectivity index (χ3v) is 5.91. The lowest BCUT2D eigenvalue weighted by Gasteiger charge is -2.24. The smallest absolute Gasteiger partial charge is 0.248 e. The van der Waals surface area contributed by atoms with Gasteiger partial charge < -0.3 is 15.4 Å². The second-order valence-electron chi connectivity index (χ2n) is 8.76. The summed E-state index contributed by atoms with van der Waals surface area (Å²) in [7, 11) is 0. The molecule has 1 saturated heterocycles. The van der Waals surface area contributed by atoms with Gasteiger partial charge in [0.25, 0.3) is 0 Å². The van der Waals surface area contributed by atoms with E-state index in [2.05, 4.69) is 25.5 Å². The molecule has 0 aliphatic carbocycles. The van der Waals surface area contributed by atoms with Crippen molar-refractivity contribution in [1.82, 2.24) is 14.9 Å². The van der Waals surface area contributed by atoms with E-state index in [1.165, 1.54) is 37.7 Å². The normalized spacial score (nSPS) is 14.5. The highest BCUT2D eigenvalue weighted by Crippen LogP contribution is 2.34. The van der Waals surface area contributed by atoms with Gasteiger partial charge >= 0.3 is 0 Å². The number of fused-ring (bicyclic) bond motifs is 1. The molecular formula is C26H29ClFN5O2. The molecule has 0 bridgehead atoms. The number of halogens is 2. The van der Waals surface area contributed by atoms with Crippen molar-refractivity contribution in [2.75, 3.05) is 30.3 Å². The maximum atomic E-state index is 13.6. The molecule has 1 aliphatic rings. The summed E-state index contributed by atoms with van der Waals surface area (Å²) in [6.07, 6.45) is 8.45. The predicted molar refractivity (Wildman–Crippen MR) is 138 cm³/mol. The molecule has 0 saturated carbocycles. The van der Waals surface area contributed by atoms with Crippen molar-refractivity contribution in [1.29, 1.82) is 0 Å². The van der Waals surface area contributed by atoms with Gasteiger partial charge in [-0.3, -0.25) is 9.69 Å². The number of likely N-dealkylation sites (tertiary alicyclic amines) is 1. The average Bonchev–Trinajstić information content (AvgIpc) is 2.82. The van der Waals surface area contributed by atoms with Gasteiger partial charge in [-0.15, -0.1) is 0 Å². The van der Waals surface area contributed by atoms with Crippen LogP contribution < -0.4 is 15.4 Å². The number of anilines is 3. The number of carbonyl (C=O) groups is 1. The number of aromatic nitrogens is 2. The van der Waals surface area contributed by atoms with Crippen molar-refractivity contribution in [2.45, 2.75) is 39.2 Å². The number of amides is 1. The van der Waals surface area contributed by atoms with E-state index in [0.29, 0.717) is 33.8 Å². The predicted octanol–water partition coefficient (Wildman–Crippen LogP) is 5.93. The van der Waals surface area contributed by atoms with Crippen LogP contribution in [0.3, 0.4) is 0 Å². The van der Waals surface area contributed by atoms with Crippen LogP contribution in [0.5, 0.6) is 5.75 Å². The van der Waals surface area contributed by atoms with Crippen LogP contribution >= 0.6 is 11.6 Å². The van der Waals surface area contributed by atoms with Crippen molar-refractivity contribution >= 4 is 45.6 Å². The van der Waals surface area contributed by atoms with Gasteiger partial charge in [-0.25, -0.2) is 14.4 Å². The molecule has 0 atom stereocenters. The second kappa shape index (κ2) is 11.5. The Balaban J connectivity index is 1.59. The van der Waals surface area contributed by atoms with Gasteiger partial charge in [0.15, 0.2) is 0 Å². The fourth-order valence-electron chi connectivity index (χ4n) is 3.97. The quantitative estimate of drug-likeness (QED) is 0.375. The van der Waals surface area contributed by atoms with Crippen molar-refractivity contribution in [3.8, 4) is 5.75 Å². The van der Waals surface area contributed by atoms with Gasteiger partial charge in [0.05, 0.1) is 22.3 Å². The summed E-state index contributed by atoms with van der Waals surface area (Å²) in [4.78, 5) is 23.7. The molecule has 2 aromatic carbocycles. The zero-order valence-corrected chi connectivity index (χ0v) is 20.6. The fourth-order valence-corrected chi connectivity index (χ4v) is 4.15. The zero-order valence-electron chi connectivity index (χ0n) is 19.9. The Morgan fingerprint density at radius 3 is 2.74 bits per heavy atom. The molecule has 1 amide bonds. The van der Waals surface area contributed by atoms with Crippen molar-refractivity contribution < 1.29 is 13.9 Å². The number of nitrogens with one attached hydrogen (secondary N) is 2. The van der Waals surface area contributed by atoms with Gasteiger partial charge in [-0.2, -0.15) is 0 Å². The van der Waals surface area contributed by atoms with Crippen molar-refractivity contribution in [2.24, 2.45) is 0 Å². The zero-order chi connectivity index (χ0) is 24.8. The first kappa shape index (κ1) is 24.9. The molecule has 1 aromatic heterocycles. The highest BCUT2D eigenvalue weighted by molar-refractivity contribution is 6.31. The van der Waals surface area contributed by atoms with Crippen LogP contribution in [-0.4, -0.2) is 46.5 Å². The number of hydrogen-bond donors (Lipinski definition) is 2. The van der Waals surface area contributed by atoms with E-state index < -0.39 is 5.82 Å². The van der Waals surface area contributed by atoms with Crippen LogP contribution in [-0.2, 0) is 4.79 Å². The molecule has 35 heavy (non-hydrogen) atoms. The molecule has 2 heterocycles. The maximum Gasteiger partial charge on any atom is 0.248 e. The first-order valence-electron chi connectivity index (χ1n) is 11.8. The van der Waals surface area contributed by atoms with E-state index in [4.69, 9.17) is 16.3 Å². The third kappa shape index (κ3) is 6.68. The standard InChI is InChI=1S/C26H29ClFN5O2/c1-17(2)35-24-15-22-19(26(30-16-29-22)31-18-8-9-21(28)20(27)13-18)14-23(24)32-25(34)7-6-12-33-10-4-3-5-11-33/h6-9,13-17H,3-5,10-12H2,1-2H3,(H,32,34)(H,29,30,31)/b7-6+. The molecule has 1 fully saturated rings. The number of rotatable bonds is 8. The minimum atomic E-state index is -0.501. The lowest BCUT2D eigenvalue weighted by molar-refractivity contribution is -0.111. The minimum absolute atomic E-state index is 0.00488. The Hall–Kier alpha value is -3.23. The number of piperidine rings is 1. The molecule has 184 valence electrons. The molecular weight excluding hydrogens is 469 g/mol. The van der Waals surface area contributed by atoms with Crippen LogP contribution in [0.15, 0.2) is 48.8 Å². The van der Waals surface area contributed by atoms with Gasteiger partial charge in [0, 0.05) is 29.8 Å². The van der Waals surface area contributed by atoms with Crippen LogP contribution in [0, 0.1) is 5.82 Å². The summed E-state index contributed by atoms with van der Waals surface area (Å²) in [5, 5.41) is 6.75. The molecule has 0 spiro atoms. The fraction of sp³-hybridized carbons (Fsp3) is 0.346. The number of carbonyl (C=O) groups excluding carboxylic acids is 1. The first-order chi connectivity index (χ1) is 16.9. The highest BCUT2D eigenvalue weighted by atomic mass is 35.5. The molecule has 7 nitrogen and oxygen atoms in total. The Morgan fingerprint density at radius 2 is 2.00 bits per heavy atom. The van der Waals surface area contributed by atoms with Crippen LogP contribution in [0.4, 0.5) is 21.6 Å².